The Hall–Kier alpha value is -2.54. The maximum atomic E-state index is 12.5. The van der Waals surface area contributed by atoms with E-state index in [1.165, 1.54) is 22.4 Å². The largest absolute Gasteiger partial charge is 0.298 e. The standard InChI is InChI=1S/C21H23N3O/c1-14-18-9-8-16-13-23(2)24(12-15-6-4-3-5-7-15)20(16)19(18)10-17(11-22)21(14)25/h3-7,13-14,17-18H,8-10,12H2,1-2H3. The fourth-order valence-corrected chi connectivity index (χ4v) is 4.59. The predicted octanol–water partition coefficient (Wildman–Crippen LogP) is 3.65. The first-order valence-corrected chi connectivity index (χ1v) is 9.01. The van der Waals surface area contributed by atoms with Crippen molar-refractivity contribution < 1.29 is 4.79 Å². The van der Waals surface area contributed by atoms with Crippen LogP contribution in [0.4, 0.5) is 0 Å². The second kappa shape index (κ2) is 6.07. The van der Waals surface area contributed by atoms with E-state index in [9.17, 15) is 10.1 Å². The van der Waals surface area contributed by atoms with E-state index in [1.807, 2.05) is 13.0 Å². The lowest BCUT2D eigenvalue weighted by Crippen LogP contribution is -2.39. The summed E-state index contributed by atoms with van der Waals surface area (Å²) in [4.78, 5) is 12.5. The Labute approximate surface area is 149 Å². The molecule has 4 rings (SSSR count). The number of ketones is 1. The molecule has 1 aromatic rings. The molecule has 1 aliphatic heterocycles. The van der Waals surface area contributed by atoms with E-state index in [4.69, 9.17) is 0 Å². The zero-order valence-electron chi connectivity index (χ0n) is 14.8. The summed E-state index contributed by atoms with van der Waals surface area (Å²) in [7, 11) is 2.08. The molecule has 25 heavy (non-hydrogen) atoms. The summed E-state index contributed by atoms with van der Waals surface area (Å²) in [5.74, 6) is -0.122. The molecular formula is C21H23N3O. The first-order chi connectivity index (χ1) is 12.1. The third-order valence-corrected chi connectivity index (χ3v) is 5.91. The number of carbonyl (C=O) groups is 1. The first-order valence-electron chi connectivity index (χ1n) is 9.01. The van der Waals surface area contributed by atoms with Gasteiger partial charge in [0.1, 0.15) is 5.92 Å². The van der Waals surface area contributed by atoms with Crippen LogP contribution in [-0.2, 0) is 11.3 Å². The van der Waals surface area contributed by atoms with Crippen LogP contribution in [0.15, 0.2) is 53.4 Å². The number of allylic oxidation sites excluding steroid dienone is 2. The van der Waals surface area contributed by atoms with E-state index >= 15 is 0 Å². The van der Waals surface area contributed by atoms with Crippen LogP contribution in [0.5, 0.6) is 0 Å². The van der Waals surface area contributed by atoms with Crippen molar-refractivity contribution in [2.24, 2.45) is 17.8 Å². The van der Waals surface area contributed by atoms with E-state index in [2.05, 4.69) is 53.6 Å². The Morgan fingerprint density at radius 3 is 2.76 bits per heavy atom. The predicted molar refractivity (Wildman–Crippen MR) is 95.5 cm³/mol. The summed E-state index contributed by atoms with van der Waals surface area (Å²) in [6, 6.07) is 12.7. The van der Waals surface area contributed by atoms with E-state index in [0.717, 1.165) is 19.4 Å². The van der Waals surface area contributed by atoms with Crippen molar-refractivity contribution in [3.63, 3.8) is 0 Å². The zero-order valence-corrected chi connectivity index (χ0v) is 14.8. The second-order valence-electron chi connectivity index (χ2n) is 7.37. The van der Waals surface area contributed by atoms with Crippen LogP contribution in [0.25, 0.3) is 0 Å². The van der Waals surface area contributed by atoms with Crippen molar-refractivity contribution in [2.45, 2.75) is 32.7 Å². The topological polar surface area (TPSA) is 47.3 Å². The SMILES string of the molecule is CC1C(=O)C(C#N)CC2=C3C(=CN(C)N3Cc3ccccc3)CCC21. The summed E-state index contributed by atoms with van der Waals surface area (Å²) < 4.78 is 0. The lowest BCUT2D eigenvalue weighted by Gasteiger charge is -2.40. The molecule has 1 aromatic carbocycles. The highest BCUT2D eigenvalue weighted by Gasteiger charge is 2.44. The Balaban J connectivity index is 1.74. The van der Waals surface area contributed by atoms with Gasteiger partial charge in [0.15, 0.2) is 5.78 Å². The molecule has 0 aromatic heterocycles. The molecule has 0 N–H and O–H groups in total. The van der Waals surface area contributed by atoms with Crippen LogP contribution in [0.3, 0.4) is 0 Å². The molecule has 3 atom stereocenters. The quantitative estimate of drug-likeness (QED) is 0.829. The van der Waals surface area contributed by atoms with Gasteiger partial charge in [-0.05, 0) is 41.9 Å². The first kappa shape index (κ1) is 16.0. The molecule has 4 heteroatoms. The molecule has 3 aliphatic rings. The Kier molecular flexibility index (Phi) is 3.88. The van der Waals surface area contributed by atoms with Gasteiger partial charge in [0, 0.05) is 19.2 Å². The van der Waals surface area contributed by atoms with Crippen LogP contribution in [-0.4, -0.2) is 22.8 Å². The molecule has 0 amide bonds. The van der Waals surface area contributed by atoms with Gasteiger partial charge >= 0.3 is 0 Å². The van der Waals surface area contributed by atoms with Crippen molar-refractivity contribution in [1.82, 2.24) is 10.0 Å². The monoisotopic (exact) mass is 333 g/mol. The van der Waals surface area contributed by atoms with Crippen molar-refractivity contribution in [2.75, 3.05) is 7.05 Å². The molecule has 0 radical (unpaired) electrons. The van der Waals surface area contributed by atoms with Gasteiger partial charge in [-0.25, -0.2) is 0 Å². The lowest BCUT2D eigenvalue weighted by molar-refractivity contribution is -0.127. The van der Waals surface area contributed by atoms with Gasteiger partial charge in [-0.15, -0.1) is 0 Å². The maximum absolute atomic E-state index is 12.5. The van der Waals surface area contributed by atoms with E-state index in [-0.39, 0.29) is 17.6 Å². The number of hydrazine groups is 1. The average molecular weight is 333 g/mol. The summed E-state index contributed by atoms with van der Waals surface area (Å²) in [5.41, 5.74) is 5.19. The number of fused-ring (bicyclic) bond motifs is 2. The second-order valence-corrected chi connectivity index (χ2v) is 7.37. The highest BCUT2D eigenvalue weighted by Crippen LogP contribution is 2.48. The van der Waals surface area contributed by atoms with Gasteiger partial charge in [-0.1, -0.05) is 37.3 Å². The molecule has 4 nitrogen and oxygen atoms in total. The maximum Gasteiger partial charge on any atom is 0.153 e. The molecule has 0 bridgehead atoms. The van der Waals surface area contributed by atoms with Gasteiger partial charge in [-0.2, -0.15) is 5.26 Å². The number of Topliss-reactive ketones (excluding diaryl/α,β-unsaturated/α-hetero) is 1. The zero-order chi connectivity index (χ0) is 17.6. The molecule has 1 heterocycles. The van der Waals surface area contributed by atoms with E-state index in [0.29, 0.717) is 6.42 Å². The smallest absolute Gasteiger partial charge is 0.153 e. The molecule has 1 fully saturated rings. The Bertz CT molecular complexity index is 802. The fraction of sp³-hybridized carbons (Fsp3) is 0.429. The number of hydrogen-bond donors (Lipinski definition) is 0. The average Bonchev–Trinajstić information content (AvgIpc) is 2.94. The number of carbonyl (C=O) groups excluding carboxylic acids is 1. The normalized spacial score (nSPS) is 28.4. The number of rotatable bonds is 2. The summed E-state index contributed by atoms with van der Waals surface area (Å²) >= 11 is 0. The number of hydrogen-bond acceptors (Lipinski definition) is 4. The summed E-state index contributed by atoms with van der Waals surface area (Å²) in [5, 5.41) is 13.9. The molecule has 2 aliphatic carbocycles. The minimum Gasteiger partial charge on any atom is -0.298 e. The Morgan fingerprint density at radius 1 is 1.28 bits per heavy atom. The van der Waals surface area contributed by atoms with Gasteiger partial charge in [0.25, 0.3) is 0 Å². The number of nitrogens with zero attached hydrogens (tertiary/aromatic N) is 3. The molecule has 0 spiro atoms. The molecule has 128 valence electrons. The Morgan fingerprint density at radius 2 is 2.04 bits per heavy atom. The van der Waals surface area contributed by atoms with Crippen LogP contribution >= 0.6 is 0 Å². The van der Waals surface area contributed by atoms with Crippen molar-refractivity contribution >= 4 is 5.78 Å². The van der Waals surface area contributed by atoms with Gasteiger partial charge in [0.05, 0.1) is 18.3 Å². The van der Waals surface area contributed by atoms with Gasteiger partial charge < -0.3 is 0 Å². The van der Waals surface area contributed by atoms with Crippen LogP contribution in [0.2, 0.25) is 0 Å². The fourth-order valence-electron chi connectivity index (χ4n) is 4.59. The molecule has 0 saturated heterocycles. The van der Waals surface area contributed by atoms with Crippen LogP contribution in [0, 0.1) is 29.1 Å². The highest BCUT2D eigenvalue weighted by molar-refractivity contribution is 5.87. The third kappa shape index (κ3) is 2.55. The van der Waals surface area contributed by atoms with Crippen LogP contribution < -0.4 is 0 Å². The van der Waals surface area contributed by atoms with Gasteiger partial charge in [0.2, 0.25) is 0 Å². The van der Waals surface area contributed by atoms with Crippen molar-refractivity contribution in [3.05, 3.63) is 58.9 Å². The van der Waals surface area contributed by atoms with E-state index < -0.39 is 5.92 Å². The highest BCUT2D eigenvalue weighted by atomic mass is 16.1. The molecular weight excluding hydrogens is 310 g/mol. The van der Waals surface area contributed by atoms with E-state index in [1.54, 1.807) is 0 Å². The van der Waals surface area contributed by atoms with Gasteiger partial charge in [-0.3, -0.25) is 14.8 Å². The third-order valence-electron chi connectivity index (χ3n) is 5.91. The van der Waals surface area contributed by atoms with Crippen molar-refractivity contribution in [3.8, 4) is 6.07 Å². The number of nitriles is 1. The lowest BCUT2D eigenvalue weighted by atomic mass is 9.66. The minimum atomic E-state index is -0.488. The number of benzene rings is 1. The van der Waals surface area contributed by atoms with Crippen LogP contribution in [0.1, 0.15) is 31.7 Å². The molecule has 3 unspecified atom stereocenters. The molecule has 1 saturated carbocycles. The van der Waals surface area contributed by atoms with Crippen molar-refractivity contribution in [1.29, 1.82) is 5.26 Å². The summed E-state index contributed by atoms with van der Waals surface area (Å²) in [6.45, 7) is 2.81. The minimum absolute atomic E-state index is 0.0491. The summed E-state index contributed by atoms with van der Waals surface area (Å²) in [6.07, 6.45) is 4.83.